The summed E-state index contributed by atoms with van der Waals surface area (Å²) < 4.78 is 5.61. The Hall–Kier alpha value is -2.33. The molecule has 1 atom stereocenters. The van der Waals surface area contributed by atoms with Gasteiger partial charge in [-0.3, -0.25) is 10.1 Å². The maximum absolute atomic E-state index is 11.5. The molecule has 0 aliphatic carbocycles. The first-order chi connectivity index (χ1) is 10.2. The van der Waals surface area contributed by atoms with Crippen molar-refractivity contribution in [2.75, 3.05) is 13.2 Å². The summed E-state index contributed by atoms with van der Waals surface area (Å²) in [6.45, 7) is 3.04. The van der Waals surface area contributed by atoms with Gasteiger partial charge in [0.15, 0.2) is 0 Å². The SMILES string of the molecule is Cc1ccc(OCCN[C@@H](C(N)=O)c2ccccc2)cc1. The molecule has 0 radical (unpaired) electrons. The predicted octanol–water partition coefficient (Wildman–Crippen LogP) is 2.19. The molecule has 0 bridgehead atoms. The summed E-state index contributed by atoms with van der Waals surface area (Å²) in [4.78, 5) is 11.5. The molecule has 0 aliphatic heterocycles. The van der Waals surface area contributed by atoms with Gasteiger partial charge in [0.2, 0.25) is 5.91 Å². The van der Waals surface area contributed by atoms with Crippen molar-refractivity contribution in [3.8, 4) is 5.75 Å². The van der Waals surface area contributed by atoms with Crippen LogP contribution in [0, 0.1) is 6.92 Å². The highest BCUT2D eigenvalue weighted by Crippen LogP contribution is 2.13. The van der Waals surface area contributed by atoms with Gasteiger partial charge < -0.3 is 10.5 Å². The molecule has 0 spiro atoms. The van der Waals surface area contributed by atoms with Crippen molar-refractivity contribution >= 4 is 5.91 Å². The first kappa shape index (κ1) is 15.1. The largest absolute Gasteiger partial charge is 0.492 e. The van der Waals surface area contributed by atoms with Crippen LogP contribution in [0.1, 0.15) is 17.2 Å². The van der Waals surface area contributed by atoms with Crippen LogP contribution in [0.15, 0.2) is 54.6 Å². The van der Waals surface area contributed by atoms with Crippen LogP contribution in [0.25, 0.3) is 0 Å². The number of hydrogen-bond acceptors (Lipinski definition) is 3. The molecule has 0 saturated heterocycles. The number of carbonyl (C=O) groups excluding carboxylic acids is 1. The van der Waals surface area contributed by atoms with Gasteiger partial charge in [0.05, 0.1) is 0 Å². The number of benzene rings is 2. The van der Waals surface area contributed by atoms with E-state index in [0.29, 0.717) is 13.2 Å². The van der Waals surface area contributed by atoms with Crippen LogP contribution in [0.3, 0.4) is 0 Å². The van der Waals surface area contributed by atoms with Gasteiger partial charge in [-0.15, -0.1) is 0 Å². The Morgan fingerprint density at radius 1 is 1.14 bits per heavy atom. The van der Waals surface area contributed by atoms with E-state index in [4.69, 9.17) is 10.5 Å². The van der Waals surface area contributed by atoms with E-state index in [1.165, 1.54) is 5.56 Å². The molecule has 0 unspecified atom stereocenters. The summed E-state index contributed by atoms with van der Waals surface area (Å²) in [5.74, 6) is 0.425. The van der Waals surface area contributed by atoms with Gasteiger partial charge in [-0.05, 0) is 24.6 Å². The maximum Gasteiger partial charge on any atom is 0.239 e. The van der Waals surface area contributed by atoms with Gasteiger partial charge in [-0.1, -0.05) is 48.0 Å². The maximum atomic E-state index is 11.5. The first-order valence-electron chi connectivity index (χ1n) is 6.94. The third kappa shape index (κ3) is 4.61. The van der Waals surface area contributed by atoms with E-state index in [9.17, 15) is 4.79 Å². The standard InChI is InChI=1S/C17H20N2O2/c1-13-7-9-15(10-8-13)21-12-11-19-16(17(18)20)14-5-3-2-4-6-14/h2-10,16,19H,11-12H2,1H3,(H2,18,20)/t16-/m1/s1. The Bertz CT molecular complexity index is 567. The average Bonchev–Trinajstić information content (AvgIpc) is 2.49. The van der Waals surface area contributed by atoms with Crippen LogP contribution in [0.4, 0.5) is 0 Å². The van der Waals surface area contributed by atoms with E-state index in [1.807, 2.05) is 61.5 Å². The van der Waals surface area contributed by atoms with Crippen LogP contribution < -0.4 is 15.8 Å². The van der Waals surface area contributed by atoms with Crippen LogP contribution in [-0.2, 0) is 4.79 Å². The molecule has 0 saturated carbocycles. The van der Waals surface area contributed by atoms with Crippen molar-refractivity contribution in [1.82, 2.24) is 5.32 Å². The lowest BCUT2D eigenvalue weighted by atomic mass is 10.1. The lowest BCUT2D eigenvalue weighted by molar-refractivity contribution is -0.120. The molecule has 2 rings (SSSR count). The second-order valence-corrected chi connectivity index (χ2v) is 4.86. The third-order valence-corrected chi connectivity index (χ3v) is 3.16. The predicted molar refractivity (Wildman–Crippen MR) is 83.1 cm³/mol. The Balaban J connectivity index is 1.83. The van der Waals surface area contributed by atoms with Crippen molar-refractivity contribution in [2.24, 2.45) is 5.73 Å². The summed E-state index contributed by atoms with van der Waals surface area (Å²) >= 11 is 0. The zero-order valence-electron chi connectivity index (χ0n) is 12.1. The van der Waals surface area contributed by atoms with Crippen LogP contribution in [0.2, 0.25) is 0 Å². The Kier molecular flexibility index (Phi) is 5.35. The Morgan fingerprint density at radius 2 is 1.81 bits per heavy atom. The second kappa shape index (κ2) is 7.45. The zero-order valence-corrected chi connectivity index (χ0v) is 12.1. The quantitative estimate of drug-likeness (QED) is 0.766. The number of carbonyl (C=O) groups is 1. The van der Waals surface area contributed by atoms with Gasteiger partial charge in [-0.25, -0.2) is 0 Å². The van der Waals surface area contributed by atoms with Crippen molar-refractivity contribution < 1.29 is 9.53 Å². The lowest BCUT2D eigenvalue weighted by Gasteiger charge is -2.16. The van der Waals surface area contributed by atoms with Gasteiger partial charge in [-0.2, -0.15) is 0 Å². The molecule has 2 aromatic rings. The molecule has 0 fully saturated rings. The number of nitrogens with one attached hydrogen (secondary N) is 1. The molecular weight excluding hydrogens is 264 g/mol. The summed E-state index contributed by atoms with van der Waals surface area (Å²) in [7, 11) is 0. The Morgan fingerprint density at radius 3 is 2.43 bits per heavy atom. The molecular formula is C17H20N2O2. The third-order valence-electron chi connectivity index (χ3n) is 3.16. The van der Waals surface area contributed by atoms with Crippen molar-refractivity contribution in [2.45, 2.75) is 13.0 Å². The van der Waals surface area contributed by atoms with Gasteiger partial charge in [0, 0.05) is 6.54 Å². The highest BCUT2D eigenvalue weighted by molar-refractivity contribution is 5.81. The molecule has 21 heavy (non-hydrogen) atoms. The number of hydrogen-bond donors (Lipinski definition) is 2. The van der Waals surface area contributed by atoms with Crippen molar-refractivity contribution in [1.29, 1.82) is 0 Å². The minimum atomic E-state index is -0.493. The topological polar surface area (TPSA) is 64.3 Å². The fourth-order valence-electron chi connectivity index (χ4n) is 2.03. The number of ether oxygens (including phenoxy) is 1. The highest BCUT2D eigenvalue weighted by atomic mass is 16.5. The molecule has 0 heterocycles. The molecule has 1 amide bonds. The van der Waals surface area contributed by atoms with Crippen LogP contribution in [0.5, 0.6) is 5.75 Å². The van der Waals surface area contributed by atoms with Crippen molar-refractivity contribution in [3.05, 3.63) is 65.7 Å². The van der Waals surface area contributed by atoms with E-state index in [-0.39, 0.29) is 0 Å². The van der Waals surface area contributed by atoms with E-state index >= 15 is 0 Å². The molecule has 3 N–H and O–H groups in total. The van der Waals surface area contributed by atoms with Gasteiger partial charge in [0.1, 0.15) is 18.4 Å². The fraction of sp³-hybridized carbons (Fsp3) is 0.235. The summed E-state index contributed by atoms with van der Waals surface area (Å²) in [5, 5.41) is 3.12. The lowest BCUT2D eigenvalue weighted by Crippen LogP contribution is -2.35. The van der Waals surface area contributed by atoms with E-state index in [1.54, 1.807) is 0 Å². The average molecular weight is 284 g/mol. The molecule has 4 nitrogen and oxygen atoms in total. The first-order valence-corrected chi connectivity index (χ1v) is 6.94. The van der Waals surface area contributed by atoms with Crippen molar-refractivity contribution in [3.63, 3.8) is 0 Å². The zero-order chi connectivity index (χ0) is 15.1. The number of amides is 1. The minimum Gasteiger partial charge on any atom is -0.492 e. The van der Waals surface area contributed by atoms with E-state index in [0.717, 1.165) is 11.3 Å². The number of primary amides is 1. The second-order valence-electron chi connectivity index (χ2n) is 4.86. The minimum absolute atomic E-state index is 0.392. The molecule has 4 heteroatoms. The number of rotatable bonds is 7. The molecule has 0 aliphatic rings. The summed E-state index contributed by atoms with van der Waals surface area (Å²) in [6.07, 6.45) is 0. The van der Waals surface area contributed by atoms with E-state index < -0.39 is 11.9 Å². The molecule has 2 aromatic carbocycles. The molecule has 110 valence electrons. The smallest absolute Gasteiger partial charge is 0.239 e. The normalized spacial score (nSPS) is 11.9. The number of aryl methyl sites for hydroxylation is 1. The highest BCUT2D eigenvalue weighted by Gasteiger charge is 2.16. The summed E-state index contributed by atoms with van der Waals surface area (Å²) in [5.41, 5.74) is 7.49. The molecule has 0 aromatic heterocycles. The monoisotopic (exact) mass is 284 g/mol. The van der Waals surface area contributed by atoms with E-state index in [2.05, 4.69) is 5.32 Å². The fourth-order valence-corrected chi connectivity index (χ4v) is 2.03. The summed E-state index contributed by atoms with van der Waals surface area (Å²) in [6, 6.07) is 16.8. The Labute approximate surface area is 124 Å². The van der Waals surface area contributed by atoms with Gasteiger partial charge in [0.25, 0.3) is 0 Å². The van der Waals surface area contributed by atoms with Crippen LogP contribution in [-0.4, -0.2) is 19.1 Å². The van der Waals surface area contributed by atoms with Gasteiger partial charge >= 0.3 is 0 Å². The van der Waals surface area contributed by atoms with Crippen LogP contribution >= 0.6 is 0 Å². The number of nitrogens with two attached hydrogens (primary N) is 1.